The van der Waals surface area contributed by atoms with Crippen molar-refractivity contribution in [1.29, 1.82) is 0 Å². The minimum Gasteiger partial charge on any atom is -0.367 e. The van der Waals surface area contributed by atoms with Crippen LogP contribution in [0.2, 0.25) is 0 Å². The number of carbonyl (C=O) groups excluding carboxylic acids is 2. The van der Waals surface area contributed by atoms with Crippen molar-refractivity contribution >= 4 is 17.5 Å². The largest absolute Gasteiger partial charge is 0.367 e. The molecular weight excluding hydrogens is 299 g/mol. The van der Waals surface area contributed by atoms with Crippen molar-refractivity contribution < 1.29 is 14.0 Å². The van der Waals surface area contributed by atoms with E-state index >= 15 is 0 Å². The number of piperazine rings is 1. The van der Waals surface area contributed by atoms with Crippen molar-refractivity contribution in [3.63, 3.8) is 0 Å². The monoisotopic (exact) mass is 322 g/mol. The normalized spacial score (nSPS) is 15.3. The standard InChI is InChI=1S/C16H23FN4O2/c1-2-18-15(22)16(23)19-7-8-20-9-11-21(12-10-20)14-6-4-3-5-13(14)17/h3-6H,2,7-12H2,1H3,(H,18,22)(H,19,23). The van der Waals surface area contributed by atoms with Crippen LogP contribution in [0.1, 0.15) is 6.92 Å². The minimum atomic E-state index is -0.600. The van der Waals surface area contributed by atoms with Crippen LogP contribution in [0.4, 0.5) is 10.1 Å². The minimum absolute atomic E-state index is 0.199. The van der Waals surface area contributed by atoms with Crippen LogP contribution < -0.4 is 15.5 Å². The molecule has 1 aromatic rings. The van der Waals surface area contributed by atoms with E-state index in [-0.39, 0.29) is 5.82 Å². The number of para-hydroxylation sites is 1. The van der Waals surface area contributed by atoms with Crippen molar-refractivity contribution in [2.45, 2.75) is 6.92 Å². The number of anilines is 1. The highest BCUT2D eigenvalue weighted by Gasteiger charge is 2.19. The van der Waals surface area contributed by atoms with E-state index in [1.54, 1.807) is 19.1 Å². The molecule has 0 radical (unpaired) electrons. The molecule has 0 unspecified atom stereocenters. The van der Waals surface area contributed by atoms with Gasteiger partial charge in [0, 0.05) is 45.8 Å². The molecule has 2 rings (SSSR count). The Kier molecular flexibility index (Phi) is 6.34. The smallest absolute Gasteiger partial charge is 0.309 e. The van der Waals surface area contributed by atoms with Crippen LogP contribution >= 0.6 is 0 Å². The Hall–Kier alpha value is -2.15. The Labute approximate surface area is 135 Å². The second-order valence-electron chi connectivity index (χ2n) is 5.40. The molecule has 0 bridgehead atoms. The summed E-state index contributed by atoms with van der Waals surface area (Å²) in [6, 6.07) is 6.78. The molecule has 0 spiro atoms. The van der Waals surface area contributed by atoms with Gasteiger partial charge in [-0.3, -0.25) is 14.5 Å². The van der Waals surface area contributed by atoms with Gasteiger partial charge in [0.1, 0.15) is 5.82 Å². The van der Waals surface area contributed by atoms with Crippen LogP contribution in [-0.2, 0) is 9.59 Å². The van der Waals surface area contributed by atoms with Gasteiger partial charge in [0.25, 0.3) is 0 Å². The Balaban J connectivity index is 1.70. The Morgan fingerprint density at radius 3 is 2.39 bits per heavy atom. The van der Waals surface area contributed by atoms with Gasteiger partial charge in [-0.05, 0) is 19.1 Å². The summed E-state index contributed by atoms with van der Waals surface area (Å²) in [5.41, 5.74) is 0.636. The zero-order valence-corrected chi connectivity index (χ0v) is 13.3. The maximum absolute atomic E-state index is 13.8. The fraction of sp³-hybridized carbons (Fsp3) is 0.500. The zero-order chi connectivity index (χ0) is 16.7. The molecule has 1 heterocycles. The predicted molar refractivity (Wildman–Crippen MR) is 86.7 cm³/mol. The SMILES string of the molecule is CCNC(=O)C(=O)NCCN1CCN(c2ccccc2F)CC1. The summed E-state index contributed by atoms with van der Waals surface area (Å²) in [7, 11) is 0. The summed E-state index contributed by atoms with van der Waals surface area (Å²) in [5.74, 6) is -1.40. The van der Waals surface area contributed by atoms with E-state index < -0.39 is 11.8 Å². The molecule has 1 saturated heterocycles. The number of rotatable bonds is 5. The van der Waals surface area contributed by atoms with E-state index in [4.69, 9.17) is 0 Å². The molecule has 1 fully saturated rings. The molecule has 1 aromatic carbocycles. The number of hydrogen-bond donors (Lipinski definition) is 2. The highest BCUT2D eigenvalue weighted by atomic mass is 19.1. The maximum atomic E-state index is 13.8. The van der Waals surface area contributed by atoms with Gasteiger partial charge >= 0.3 is 11.8 Å². The van der Waals surface area contributed by atoms with E-state index in [0.29, 0.717) is 25.3 Å². The van der Waals surface area contributed by atoms with Crippen molar-refractivity contribution in [3.05, 3.63) is 30.1 Å². The Morgan fingerprint density at radius 2 is 1.74 bits per heavy atom. The van der Waals surface area contributed by atoms with E-state index in [0.717, 1.165) is 26.2 Å². The second kappa shape index (κ2) is 8.47. The van der Waals surface area contributed by atoms with Crippen LogP contribution in [0.3, 0.4) is 0 Å². The molecule has 0 aliphatic carbocycles. The quantitative estimate of drug-likeness (QED) is 0.760. The summed E-state index contributed by atoms with van der Waals surface area (Å²) >= 11 is 0. The van der Waals surface area contributed by atoms with Crippen molar-refractivity contribution in [2.24, 2.45) is 0 Å². The average molecular weight is 322 g/mol. The predicted octanol–water partition coefficient (Wildman–Crippen LogP) is 0.200. The molecule has 1 aliphatic heterocycles. The maximum Gasteiger partial charge on any atom is 0.309 e. The van der Waals surface area contributed by atoms with E-state index in [9.17, 15) is 14.0 Å². The summed E-state index contributed by atoms with van der Waals surface area (Å²) in [4.78, 5) is 27.0. The third-order valence-electron chi connectivity index (χ3n) is 3.82. The number of carbonyl (C=O) groups is 2. The molecule has 2 N–H and O–H groups in total. The van der Waals surface area contributed by atoms with Crippen LogP contribution in [0.5, 0.6) is 0 Å². The topological polar surface area (TPSA) is 64.7 Å². The number of halogens is 1. The van der Waals surface area contributed by atoms with Gasteiger partial charge in [-0.2, -0.15) is 0 Å². The van der Waals surface area contributed by atoms with Crippen LogP contribution in [0, 0.1) is 5.82 Å². The molecule has 0 saturated carbocycles. The molecule has 0 aromatic heterocycles. The first-order valence-electron chi connectivity index (χ1n) is 7.89. The summed E-state index contributed by atoms with van der Waals surface area (Å²) < 4.78 is 13.8. The second-order valence-corrected chi connectivity index (χ2v) is 5.40. The number of nitrogens with zero attached hydrogens (tertiary/aromatic N) is 2. The molecule has 126 valence electrons. The molecule has 6 nitrogen and oxygen atoms in total. The van der Waals surface area contributed by atoms with Gasteiger partial charge in [-0.25, -0.2) is 4.39 Å². The molecule has 1 aliphatic rings. The highest BCUT2D eigenvalue weighted by molar-refractivity contribution is 6.35. The summed E-state index contributed by atoms with van der Waals surface area (Å²) in [6.45, 7) is 6.38. The lowest BCUT2D eigenvalue weighted by Crippen LogP contribution is -2.49. The molecule has 7 heteroatoms. The number of nitrogens with one attached hydrogen (secondary N) is 2. The van der Waals surface area contributed by atoms with Gasteiger partial charge < -0.3 is 15.5 Å². The lowest BCUT2D eigenvalue weighted by molar-refractivity contribution is -0.139. The van der Waals surface area contributed by atoms with E-state index in [1.807, 2.05) is 11.0 Å². The van der Waals surface area contributed by atoms with E-state index in [1.165, 1.54) is 6.07 Å². The average Bonchev–Trinajstić information content (AvgIpc) is 2.56. The number of amides is 2. The van der Waals surface area contributed by atoms with Crippen LogP contribution in [0.25, 0.3) is 0 Å². The lowest BCUT2D eigenvalue weighted by atomic mass is 10.2. The Morgan fingerprint density at radius 1 is 1.09 bits per heavy atom. The van der Waals surface area contributed by atoms with Crippen LogP contribution in [-0.4, -0.2) is 62.5 Å². The van der Waals surface area contributed by atoms with Gasteiger partial charge in [-0.15, -0.1) is 0 Å². The number of hydrogen-bond acceptors (Lipinski definition) is 4. The van der Waals surface area contributed by atoms with Crippen molar-refractivity contribution in [1.82, 2.24) is 15.5 Å². The van der Waals surface area contributed by atoms with Gasteiger partial charge in [-0.1, -0.05) is 12.1 Å². The van der Waals surface area contributed by atoms with E-state index in [2.05, 4.69) is 15.5 Å². The van der Waals surface area contributed by atoms with Gasteiger partial charge in [0.2, 0.25) is 0 Å². The number of benzene rings is 1. The first-order valence-corrected chi connectivity index (χ1v) is 7.89. The van der Waals surface area contributed by atoms with Crippen molar-refractivity contribution in [2.75, 3.05) is 50.7 Å². The summed E-state index contributed by atoms with van der Waals surface area (Å²) in [6.07, 6.45) is 0. The summed E-state index contributed by atoms with van der Waals surface area (Å²) in [5, 5.41) is 5.06. The molecular formula is C16H23FN4O2. The third-order valence-corrected chi connectivity index (χ3v) is 3.82. The molecule has 2 amide bonds. The number of likely N-dealkylation sites (N-methyl/N-ethyl adjacent to an activating group) is 1. The van der Waals surface area contributed by atoms with Gasteiger partial charge in [0.15, 0.2) is 0 Å². The lowest BCUT2D eigenvalue weighted by Gasteiger charge is -2.36. The van der Waals surface area contributed by atoms with Crippen molar-refractivity contribution in [3.8, 4) is 0 Å². The first kappa shape index (κ1) is 17.2. The highest BCUT2D eigenvalue weighted by Crippen LogP contribution is 2.19. The van der Waals surface area contributed by atoms with Gasteiger partial charge in [0.05, 0.1) is 5.69 Å². The Bertz CT molecular complexity index is 545. The van der Waals surface area contributed by atoms with Crippen LogP contribution in [0.15, 0.2) is 24.3 Å². The zero-order valence-electron chi connectivity index (χ0n) is 13.3. The fourth-order valence-corrected chi connectivity index (χ4v) is 2.57. The fourth-order valence-electron chi connectivity index (χ4n) is 2.57. The first-order chi connectivity index (χ1) is 11.1. The molecule has 0 atom stereocenters. The molecule has 23 heavy (non-hydrogen) atoms. The third kappa shape index (κ3) is 4.92.